The van der Waals surface area contributed by atoms with Gasteiger partial charge < -0.3 is 0 Å². The van der Waals surface area contributed by atoms with Gasteiger partial charge in [-0.2, -0.15) is 0 Å². The van der Waals surface area contributed by atoms with Gasteiger partial charge in [0.05, 0.1) is 11.8 Å². The second kappa shape index (κ2) is 5.36. The summed E-state index contributed by atoms with van der Waals surface area (Å²) in [5.74, 6) is 0.0621. The number of amides is 2. The van der Waals surface area contributed by atoms with E-state index in [0.717, 1.165) is 44.1 Å². The summed E-state index contributed by atoms with van der Waals surface area (Å²) < 4.78 is 0. The molecule has 0 aromatic heterocycles. The molecule has 2 fully saturated rings. The molecule has 2 aliphatic carbocycles. The highest BCUT2D eigenvalue weighted by atomic mass is 16.2. The molecule has 120 valence electrons. The third-order valence-electron chi connectivity index (χ3n) is 6.03. The van der Waals surface area contributed by atoms with Crippen molar-refractivity contribution in [2.45, 2.75) is 52.4 Å². The first-order chi connectivity index (χ1) is 10.4. The molecule has 0 spiro atoms. The van der Waals surface area contributed by atoms with Crippen LogP contribution in [-0.2, 0) is 9.59 Å². The van der Waals surface area contributed by atoms with Gasteiger partial charge in [0.15, 0.2) is 0 Å². The lowest BCUT2D eigenvalue weighted by atomic mass is 9.48. The standard InChI is InChI=1S/C19H27NO2/c1-5-6-7-13-10-14-8-9-19(14,11-12(2)3)16-15(13)17(21)20(4)18(16)22/h10,13,15-16H,2,5-9,11H2,1,3-4H3/t13-,15-,16+,19-/m0/s1. The van der Waals surface area contributed by atoms with Gasteiger partial charge >= 0.3 is 0 Å². The molecule has 1 saturated carbocycles. The first-order valence-electron chi connectivity index (χ1n) is 8.59. The van der Waals surface area contributed by atoms with Crippen molar-refractivity contribution in [3.63, 3.8) is 0 Å². The zero-order valence-electron chi connectivity index (χ0n) is 14.0. The zero-order valence-corrected chi connectivity index (χ0v) is 14.0. The second-order valence-electron chi connectivity index (χ2n) is 7.53. The molecule has 3 rings (SSSR count). The molecular weight excluding hydrogens is 274 g/mol. The maximum atomic E-state index is 12.8. The number of rotatable bonds is 5. The molecule has 0 radical (unpaired) electrons. The normalized spacial score (nSPS) is 36.6. The molecule has 0 N–H and O–H groups in total. The number of imide groups is 1. The Morgan fingerprint density at radius 3 is 2.68 bits per heavy atom. The van der Waals surface area contributed by atoms with E-state index in [0.29, 0.717) is 0 Å². The minimum Gasteiger partial charge on any atom is -0.285 e. The highest BCUT2D eigenvalue weighted by molar-refractivity contribution is 6.06. The molecule has 0 unspecified atom stereocenters. The van der Waals surface area contributed by atoms with Crippen LogP contribution in [0.4, 0.5) is 0 Å². The molecule has 3 nitrogen and oxygen atoms in total. The van der Waals surface area contributed by atoms with Crippen molar-refractivity contribution < 1.29 is 9.59 Å². The van der Waals surface area contributed by atoms with Crippen molar-refractivity contribution in [2.75, 3.05) is 7.05 Å². The Morgan fingerprint density at radius 2 is 2.14 bits per heavy atom. The molecule has 22 heavy (non-hydrogen) atoms. The average Bonchev–Trinajstić information content (AvgIpc) is 2.68. The van der Waals surface area contributed by atoms with Crippen molar-refractivity contribution in [3.8, 4) is 0 Å². The quantitative estimate of drug-likeness (QED) is 0.573. The van der Waals surface area contributed by atoms with E-state index in [1.54, 1.807) is 7.05 Å². The minimum atomic E-state index is -0.141. The largest absolute Gasteiger partial charge is 0.285 e. The van der Waals surface area contributed by atoms with E-state index in [1.807, 2.05) is 6.92 Å². The molecule has 1 aliphatic heterocycles. The van der Waals surface area contributed by atoms with Gasteiger partial charge in [-0.25, -0.2) is 0 Å². The van der Waals surface area contributed by atoms with Gasteiger partial charge in [0, 0.05) is 12.5 Å². The van der Waals surface area contributed by atoms with Crippen LogP contribution < -0.4 is 0 Å². The van der Waals surface area contributed by atoms with E-state index in [9.17, 15) is 9.59 Å². The molecule has 0 aromatic rings. The van der Waals surface area contributed by atoms with Crippen LogP contribution in [0.15, 0.2) is 23.8 Å². The van der Waals surface area contributed by atoms with Crippen LogP contribution in [0, 0.1) is 23.2 Å². The van der Waals surface area contributed by atoms with Gasteiger partial charge in [-0.05, 0) is 38.5 Å². The molecule has 3 heteroatoms. The van der Waals surface area contributed by atoms with Crippen molar-refractivity contribution in [1.82, 2.24) is 4.90 Å². The Balaban J connectivity index is 2.02. The first kappa shape index (κ1) is 15.5. The molecule has 1 heterocycles. The highest BCUT2D eigenvalue weighted by Gasteiger charge is 2.63. The van der Waals surface area contributed by atoms with Crippen molar-refractivity contribution >= 4 is 11.8 Å². The van der Waals surface area contributed by atoms with Gasteiger partial charge in [-0.15, -0.1) is 6.58 Å². The Kier molecular flexibility index (Phi) is 3.78. The summed E-state index contributed by atoms with van der Waals surface area (Å²) in [6.45, 7) is 8.28. The van der Waals surface area contributed by atoms with Gasteiger partial charge in [0.1, 0.15) is 0 Å². The molecule has 0 aromatic carbocycles. The predicted molar refractivity (Wildman–Crippen MR) is 87.0 cm³/mol. The number of nitrogens with zero attached hydrogens (tertiary/aromatic N) is 1. The maximum Gasteiger partial charge on any atom is 0.233 e. The zero-order chi connectivity index (χ0) is 16.1. The molecule has 4 atom stereocenters. The minimum absolute atomic E-state index is 0.0411. The Labute approximate surface area is 133 Å². The van der Waals surface area contributed by atoms with Crippen molar-refractivity contribution in [3.05, 3.63) is 23.8 Å². The third kappa shape index (κ3) is 2.01. The van der Waals surface area contributed by atoms with E-state index in [4.69, 9.17) is 0 Å². The van der Waals surface area contributed by atoms with Gasteiger partial charge in [-0.1, -0.05) is 37.0 Å². The lowest BCUT2D eigenvalue weighted by Gasteiger charge is -2.54. The number of unbranched alkanes of at least 4 members (excludes halogenated alkanes) is 1. The summed E-state index contributed by atoms with van der Waals surface area (Å²) in [6, 6.07) is 0. The maximum absolute atomic E-state index is 12.8. The predicted octanol–water partition coefficient (Wildman–Crippen LogP) is 3.71. The van der Waals surface area contributed by atoms with E-state index in [1.165, 1.54) is 10.5 Å². The van der Waals surface area contributed by atoms with Crippen LogP contribution in [0.3, 0.4) is 0 Å². The van der Waals surface area contributed by atoms with Crippen molar-refractivity contribution in [2.24, 2.45) is 23.2 Å². The number of hydrogen-bond donors (Lipinski definition) is 0. The molecule has 2 amide bonds. The van der Waals surface area contributed by atoms with E-state index >= 15 is 0 Å². The summed E-state index contributed by atoms with van der Waals surface area (Å²) in [4.78, 5) is 26.9. The number of carbonyl (C=O) groups excluding carboxylic acids is 2. The summed E-state index contributed by atoms with van der Waals surface area (Å²) in [6.07, 6.45) is 8.60. The SMILES string of the molecule is C=C(C)C[C@@]12CCC1=C[C@H](CCCC)[C@@H]1C(=O)N(C)C(=O)[C@@H]12. The Hall–Kier alpha value is -1.38. The van der Waals surface area contributed by atoms with E-state index in [-0.39, 0.29) is 35.0 Å². The van der Waals surface area contributed by atoms with E-state index < -0.39 is 0 Å². The average molecular weight is 301 g/mol. The third-order valence-corrected chi connectivity index (χ3v) is 6.03. The summed E-state index contributed by atoms with van der Waals surface area (Å²) in [5, 5.41) is 0. The second-order valence-corrected chi connectivity index (χ2v) is 7.53. The number of hydrogen-bond acceptors (Lipinski definition) is 2. The fourth-order valence-corrected chi connectivity index (χ4v) is 4.96. The van der Waals surface area contributed by atoms with Gasteiger partial charge in [-0.3, -0.25) is 14.5 Å². The van der Waals surface area contributed by atoms with Crippen LogP contribution in [0.1, 0.15) is 52.4 Å². The van der Waals surface area contributed by atoms with Gasteiger partial charge in [0.25, 0.3) is 0 Å². The number of fused-ring (bicyclic) bond motifs is 3. The monoisotopic (exact) mass is 301 g/mol. The fourth-order valence-electron chi connectivity index (χ4n) is 4.96. The summed E-state index contributed by atoms with van der Waals surface area (Å²) in [7, 11) is 1.66. The first-order valence-corrected chi connectivity index (χ1v) is 8.59. The van der Waals surface area contributed by atoms with E-state index in [2.05, 4.69) is 19.6 Å². The van der Waals surface area contributed by atoms with Crippen LogP contribution in [0.2, 0.25) is 0 Å². The summed E-state index contributed by atoms with van der Waals surface area (Å²) in [5.41, 5.74) is 2.44. The van der Waals surface area contributed by atoms with Crippen LogP contribution in [0.25, 0.3) is 0 Å². The van der Waals surface area contributed by atoms with Crippen LogP contribution in [-0.4, -0.2) is 23.8 Å². The lowest BCUT2D eigenvalue weighted by Crippen LogP contribution is -2.50. The molecule has 0 bridgehead atoms. The molecule has 1 saturated heterocycles. The molecular formula is C19H27NO2. The van der Waals surface area contributed by atoms with Crippen molar-refractivity contribution in [1.29, 1.82) is 0 Å². The Morgan fingerprint density at radius 1 is 1.41 bits per heavy atom. The topological polar surface area (TPSA) is 37.4 Å². The van der Waals surface area contributed by atoms with Crippen LogP contribution in [0.5, 0.6) is 0 Å². The number of likely N-dealkylation sites (tertiary alicyclic amines) is 1. The number of carbonyl (C=O) groups is 2. The number of allylic oxidation sites excluding steroid dienone is 3. The highest BCUT2D eigenvalue weighted by Crippen LogP contribution is 2.63. The fraction of sp³-hybridized carbons (Fsp3) is 0.684. The summed E-state index contributed by atoms with van der Waals surface area (Å²) >= 11 is 0. The molecule has 3 aliphatic rings. The smallest absolute Gasteiger partial charge is 0.233 e. The Bertz CT molecular complexity index is 562. The lowest BCUT2D eigenvalue weighted by molar-refractivity contribution is -0.139. The van der Waals surface area contributed by atoms with Gasteiger partial charge in [0.2, 0.25) is 11.8 Å². The van der Waals surface area contributed by atoms with Crippen LogP contribution >= 0.6 is 0 Å².